The normalized spacial score (nSPS) is 17.8. The minimum Gasteiger partial charge on any atom is -0.514 e. The molecule has 210 valence electrons. The third-order valence-electron chi connectivity index (χ3n) is 6.30. The molecular formula is C28H27B3F2N6O2S. The molecule has 1 saturated carbocycles. The van der Waals surface area contributed by atoms with Crippen LogP contribution in [0.1, 0.15) is 61.3 Å². The number of nitrogens with zero attached hydrogens (tertiary/aromatic N) is 4. The lowest BCUT2D eigenvalue weighted by molar-refractivity contribution is 0.0978. The second-order valence-corrected chi connectivity index (χ2v) is 11.0. The summed E-state index contributed by atoms with van der Waals surface area (Å²) in [5, 5.41) is 4.72. The molecular weight excluding hydrogens is 555 g/mol. The Morgan fingerprint density at radius 1 is 1.26 bits per heavy atom. The average molecular weight is 582 g/mol. The van der Waals surface area contributed by atoms with Gasteiger partial charge in [0.05, 0.1) is 23.2 Å². The van der Waals surface area contributed by atoms with Gasteiger partial charge in [-0.05, 0) is 54.0 Å². The highest BCUT2D eigenvalue weighted by atomic mass is 32.2. The van der Waals surface area contributed by atoms with Gasteiger partial charge in [-0.3, -0.25) is 30.5 Å². The molecule has 1 fully saturated rings. The van der Waals surface area contributed by atoms with Gasteiger partial charge in [-0.15, -0.1) is 0 Å². The molecule has 1 aliphatic heterocycles. The Balaban J connectivity index is 1.76. The summed E-state index contributed by atoms with van der Waals surface area (Å²) in [6.45, 7) is 4.12. The Kier molecular flexibility index (Phi) is 10.1. The first-order valence-corrected chi connectivity index (χ1v) is 14.2. The highest BCUT2D eigenvalue weighted by molar-refractivity contribution is 8.14. The van der Waals surface area contributed by atoms with Crippen LogP contribution in [-0.4, -0.2) is 68.0 Å². The number of halogens is 2. The van der Waals surface area contributed by atoms with Crippen LogP contribution in [0.2, 0.25) is 0 Å². The third-order valence-corrected chi connectivity index (χ3v) is 7.17. The van der Waals surface area contributed by atoms with Crippen LogP contribution < -0.4 is 15.5 Å². The van der Waals surface area contributed by atoms with E-state index in [0.29, 0.717) is 22.5 Å². The van der Waals surface area contributed by atoms with Crippen molar-refractivity contribution in [1.82, 2.24) is 20.7 Å². The van der Waals surface area contributed by atoms with Crippen molar-refractivity contribution in [1.29, 1.82) is 0 Å². The SMILES string of the molecule is [B]C([B])([B])Oc1cnc(C(F)F)cc1-c1cc(C(/C=C\C(C)CC)=NC)ncc1C(=O)NC1=NNC(C#CC2CC2)S1. The van der Waals surface area contributed by atoms with Gasteiger partial charge in [-0.25, -0.2) is 8.78 Å². The van der Waals surface area contributed by atoms with E-state index in [0.717, 1.165) is 31.5 Å². The van der Waals surface area contributed by atoms with Crippen LogP contribution in [0.3, 0.4) is 0 Å². The number of hydrazone groups is 1. The van der Waals surface area contributed by atoms with Crippen molar-refractivity contribution in [2.45, 2.75) is 50.2 Å². The molecule has 1 aliphatic carbocycles. The lowest BCUT2D eigenvalue weighted by Crippen LogP contribution is -2.37. The van der Waals surface area contributed by atoms with Gasteiger partial charge in [0.15, 0.2) is 10.5 Å². The Hall–Kier alpha value is -3.59. The summed E-state index contributed by atoms with van der Waals surface area (Å²) in [4.78, 5) is 26.1. The van der Waals surface area contributed by atoms with E-state index in [9.17, 15) is 13.6 Å². The van der Waals surface area contributed by atoms with E-state index in [1.165, 1.54) is 18.0 Å². The summed E-state index contributed by atoms with van der Waals surface area (Å²) in [5.41, 5.74) is 3.48. The zero-order chi connectivity index (χ0) is 30.4. The molecule has 0 bridgehead atoms. The number of carbonyl (C=O) groups excluding carboxylic acids is 1. The lowest BCUT2D eigenvalue weighted by Gasteiger charge is -2.25. The first-order valence-electron chi connectivity index (χ1n) is 13.3. The molecule has 2 N–H and O–H groups in total. The lowest BCUT2D eigenvalue weighted by atomic mass is 9.52. The molecule has 0 spiro atoms. The van der Waals surface area contributed by atoms with Crippen LogP contribution in [0.25, 0.3) is 11.1 Å². The van der Waals surface area contributed by atoms with Gasteiger partial charge in [0.1, 0.15) is 35.0 Å². The van der Waals surface area contributed by atoms with Gasteiger partial charge in [-0.2, -0.15) is 5.10 Å². The molecule has 2 aromatic heterocycles. The van der Waals surface area contributed by atoms with E-state index in [1.54, 1.807) is 13.1 Å². The Bertz CT molecular complexity index is 1480. The summed E-state index contributed by atoms with van der Waals surface area (Å²) in [7, 11) is 18.6. The summed E-state index contributed by atoms with van der Waals surface area (Å²) in [6, 6.07) is 2.64. The van der Waals surface area contributed by atoms with Crippen molar-refractivity contribution in [3.63, 3.8) is 0 Å². The van der Waals surface area contributed by atoms with Gasteiger partial charge in [0, 0.05) is 30.3 Å². The second-order valence-electron chi connectivity index (χ2n) is 9.89. The predicted octanol–water partition coefficient (Wildman–Crippen LogP) is 3.67. The molecule has 42 heavy (non-hydrogen) atoms. The molecule has 2 aliphatic rings. The van der Waals surface area contributed by atoms with E-state index < -0.39 is 23.3 Å². The largest absolute Gasteiger partial charge is 0.514 e. The number of nitrogens with one attached hydrogen (secondary N) is 2. The number of aliphatic imine (C=N–C) groups is 1. The number of pyridine rings is 2. The number of hydrogen-bond donors (Lipinski definition) is 2. The molecule has 2 unspecified atom stereocenters. The van der Waals surface area contributed by atoms with Crippen molar-refractivity contribution >= 4 is 52.1 Å². The number of carbonyl (C=O) groups is 1. The van der Waals surface area contributed by atoms with Gasteiger partial charge < -0.3 is 4.74 Å². The smallest absolute Gasteiger partial charge is 0.280 e. The molecule has 1 amide bonds. The summed E-state index contributed by atoms with van der Waals surface area (Å²) < 4.78 is 33.0. The van der Waals surface area contributed by atoms with Crippen LogP contribution in [0.5, 0.6) is 5.75 Å². The number of hydrogen-bond acceptors (Lipinski definition) is 8. The van der Waals surface area contributed by atoms with E-state index in [2.05, 4.69) is 56.5 Å². The van der Waals surface area contributed by atoms with Crippen LogP contribution in [0, 0.1) is 23.7 Å². The zero-order valence-electron chi connectivity index (χ0n) is 23.4. The highest BCUT2D eigenvalue weighted by Gasteiger charge is 2.26. The molecule has 14 heteroatoms. The molecule has 2 aromatic rings. The van der Waals surface area contributed by atoms with Crippen LogP contribution in [-0.2, 0) is 0 Å². The maximum Gasteiger partial charge on any atom is 0.280 e. The zero-order valence-corrected chi connectivity index (χ0v) is 24.2. The number of ether oxygens (including phenoxy) is 1. The fraction of sp³-hybridized carbons (Fsp3) is 0.393. The van der Waals surface area contributed by atoms with Crippen molar-refractivity contribution in [2.24, 2.45) is 21.9 Å². The van der Waals surface area contributed by atoms with Crippen molar-refractivity contribution < 1.29 is 18.3 Å². The van der Waals surface area contributed by atoms with Crippen LogP contribution in [0.15, 0.2) is 46.8 Å². The fourth-order valence-corrected chi connectivity index (χ4v) is 4.42. The molecule has 6 radical (unpaired) electrons. The Labute approximate surface area is 252 Å². The number of aromatic nitrogens is 2. The highest BCUT2D eigenvalue weighted by Crippen LogP contribution is 2.36. The first kappa shape index (κ1) is 31.4. The fourth-order valence-electron chi connectivity index (χ4n) is 3.71. The minimum absolute atomic E-state index is 0.0313. The number of amidine groups is 1. The minimum atomic E-state index is -2.91. The van der Waals surface area contributed by atoms with E-state index in [1.807, 2.05) is 12.2 Å². The third kappa shape index (κ3) is 8.47. The second kappa shape index (κ2) is 13.6. The molecule has 0 saturated heterocycles. The maximum absolute atomic E-state index is 13.8. The quantitative estimate of drug-likeness (QED) is 0.266. The average Bonchev–Trinajstić information content (AvgIpc) is 3.68. The van der Waals surface area contributed by atoms with Gasteiger partial charge in [0.25, 0.3) is 12.3 Å². The molecule has 4 rings (SSSR count). The van der Waals surface area contributed by atoms with Crippen LogP contribution >= 0.6 is 11.8 Å². The first-order chi connectivity index (χ1) is 20.0. The molecule has 0 aromatic carbocycles. The number of amides is 1. The number of alkyl halides is 2. The summed E-state index contributed by atoms with van der Waals surface area (Å²) >= 11 is 1.25. The van der Waals surface area contributed by atoms with E-state index >= 15 is 0 Å². The maximum atomic E-state index is 13.8. The topological polar surface area (TPSA) is 101 Å². The van der Waals surface area contributed by atoms with Gasteiger partial charge in [0.2, 0.25) is 0 Å². The standard InChI is InChI=1S/C28H27B3F2N6O2S/c1-4-15(2)5-9-20(34-3)21-11-17(18-12-22(25(32)33)36-14-23(18)41-28(29,30)31)19(13-35-21)26(40)37-27-39-38-24(42-27)10-8-16-6-7-16/h5,9,11-16,24-25,38H,4,6-7H2,1-3H3,(H,37,39,40)/b9-5-,34-20?. The van der Waals surface area contributed by atoms with Gasteiger partial charge in [-0.1, -0.05) is 38.2 Å². The monoisotopic (exact) mass is 582 g/mol. The van der Waals surface area contributed by atoms with Crippen LogP contribution in [0.4, 0.5) is 8.78 Å². The summed E-state index contributed by atoms with van der Waals surface area (Å²) in [6.07, 6.45) is 6.34. The van der Waals surface area contributed by atoms with E-state index in [-0.39, 0.29) is 33.7 Å². The van der Waals surface area contributed by atoms with Gasteiger partial charge >= 0.3 is 0 Å². The Morgan fingerprint density at radius 2 is 2.02 bits per heavy atom. The number of thioether (sulfide) groups is 1. The number of allylic oxidation sites excluding steroid dienone is 2. The van der Waals surface area contributed by atoms with Crippen molar-refractivity contribution in [3.05, 3.63) is 53.6 Å². The molecule has 3 heterocycles. The number of rotatable bonds is 9. The van der Waals surface area contributed by atoms with Crippen molar-refractivity contribution in [2.75, 3.05) is 7.05 Å². The predicted molar refractivity (Wildman–Crippen MR) is 164 cm³/mol. The Morgan fingerprint density at radius 3 is 2.67 bits per heavy atom. The summed E-state index contributed by atoms with van der Waals surface area (Å²) in [5.74, 6) is 6.23. The molecule has 2 atom stereocenters. The van der Waals surface area contributed by atoms with Crippen molar-refractivity contribution in [3.8, 4) is 28.7 Å². The molecule has 8 nitrogen and oxygen atoms in total. The van der Waals surface area contributed by atoms with E-state index in [4.69, 9.17) is 28.3 Å².